The van der Waals surface area contributed by atoms with Crippen molar-refractivity contribution in [3.05, 3.63) is 24.3 Å². The minimum Gasteiger partial charge on any atom is -0.337 e. The number of amides is 2. The van der Waals surface area contributed by atoms with Gasteiger partial charge in [-0.2, -0.15) is 0 Å². The van der Waals surface area contributed by atoms with Crippen LogP contribution in [0.3, 0.4) is 0 Å². The molecular formula is C15H21N5OS. The molecule has 0 bridgehead atoms. The number of aromatic nitrogens is 1. The number of rotatable bonds is 4. The molecular weight excluding hydrogens is 298 g/mol. The number of urea groups is 1. The summed E-state index contributed by atoms with van der Waals surface area (Å²) in [5.41, 5.74) is 0.917. The molecule has 1 fully saturated rings. The number of para-hydroxylation sites is 1. The van der Waals surface area contributed by atoms with Gasteiger partial charge in [0.15, 0.2) is 5.13 Å². The van der Waals surface area contributed by atoms with E-state index < -0.39 is 0 Å². The highest BCUT2D eigenvalue weighted by molar-refractivity contribution is 7.22. The van der Waals surface area contributed by atoms with Gasteiger partial charge in [0.25, 0.3) is 0 Å². The van der Waals surface area contributed by atoms with Crippen LogP contribution < -0.4 is 10.6 Å². The second-order valence-electron chi connectivity index (χ2n) is 5.51. The maximum absolute atomic E-state index is 11.9. The zero-order chi connectivity index (χ0) is 15.4. The summed E-state index contributed by atoms with van der Waals surface area (Å²) < 4.78 is 1.08. The van der Waals surface area contributed by atoms with E-state index in [0.717, 1.165) is 42.9 Å². The first-order valence-electron chi connectivity index (χ1n) is 7.52. The minimum absolute atomic E-state index is 0.187. The van der Waals surface area contributed by atoms with Crippen molar-refractivity contribution in [1.29, 1.82) is 0 Å². The smallest absolute Gasteiger partial charge is 0.321 e. The van der Waals surface area contributed by atoms with Gasteiger partial charge in [-0.05, 0) is 19.2 Å². The molecule has 1 aromatic carbocycles. The highest BCUT2D eigenvalue weighted by Crippen LogP contribution is 2.25. The number of thiazole rings is 1. The summed E-state index contributed by atoms with van der Waals surface area (Å²) >= 11 is 1.49. The molecule has 3 rings (SSSR count). The number of nitrogens with one attached hydrogen (secondary N) is 2. The fourth-order valence-corrected chi connectivity index (χ4v) is 3.33. The number of carbonyl (C=O) groups is 1. The molecule has 1 saturated heterocycles. The Balaban J connectivity index is 1.42. The zero-order valence-corrected chi connectivity index (χ0v) is 13.5. The van der Waals surface area contributed by atoms with Gasteiger partial charge in [-0.1, -0.05) is 23.5 Å². The van der Waals surface area contributed by atoms with Crippen molar-refractivity contribution in [1.82, 2.24) is 20.1 Å². The summed E-state index contributed by atoms with van der Waals surface area (Å²) in [6.45, 7) is 5.87. The molecule has 1 aliphatic heterocycles. The van der Waals surface area contributed by atoms with Gasteiger partial charge in [0.05, 0.1) is 10.2 Å². The number of anilines is 1. The Hall–Kier alpha value is -1.70. The van der Waals surface area contributed by atoms with E-state index in [-0.39, 0.29) is 6.03 Å². The molecule has 0 spiro atoms. The van der Waals surface area contributed by atoms with E-state index in [2.05, 4.69) is 32.5 Å². The van der Waals surface area contributed by atoms with Crippen molar-refractivity contribution in [2.24, 2.45) is 0 Å². The monoisotopic (exact) mass is 319 g/mol. The average molecular weight is 319 g/mol. The normalized spacial score (nSPS) is 16.8. The fourth-order valence-electron chi connectivity index (χ4n) is 2.47. The standard InChI is InChI=1S/C15H21N5OS/c1-19-8-10-20(11-9-19)7-6-16-14(21)18-15-17-12-4-2-3-5-13(12)22-15/h2-5H,6-11H2,1H3,(H2,16,17,18,21). The Morgan fingerprint density at radius 3 is 2.82 bits per heavy atom. The van der Waals surface area contributed by atoms with E-state index in [1.54, 1.807) is 0 Å². The molecule has 0 saturated carbocycles. The van der Waals surface area contributed by atoms with Gasteiger partial charge in [0.2, 0.25) is 0 Å². The summed E-state index contributed by atoms with van der Waals surface area (Å²) in [5, 5.41) is 6.34. The summed E-state index contributed by atoms with van der Waals surface area (Å²) in [6.07, 6.45) is 0. The summed E-state index contributed by atoms with van der Waals surface area (Å²) in [5.74, 6) is 0. The van der Waals surface area contributed by atoms with Crippen molar-refractivity contribution < 1.29 is 4.79 Å². The van der Waals surface area contributed by atoms with Crippen LogP contribution in [0.25, 0.3) is 10.2 Å². The van der Waals surface area contributed by atoms with Crippen molar-refractivity contribution in [3.8, 4) is 0 Å². The molecule has 0 unspecified atom stereocenters. The molecule has 1 aromatic heterocycles. The van der Waals surface area contributed by atoms with E-state index in [9.17, 15) is 4.79 Å². The van der Waals surface area contributed by atoms with Crippen LogP contribution in [0.1, 0.15) is 0 Å². The van der Waals surface area contributed by atoms with Crippen molar-refractivity contribution in [2.75, 3.05) is 51.6 Å². The quantitative estimate of drug-likeness (QED) is 0.900. The molecule has 1 aliphatic rings. The van der Waals surface area contributed by atoms with E-state index in [0.29, 0.717) is 11.7 Å². The van der Waals surface area contributed by atoms with Crippen LogP contribution in [-0.4, -0.2) is 67.1 Å². The molecule has 2 heterocycles. The summed E-state index contributed by atoms with van der Waals surface area (Å²) in [4.78, 5) is 21.0. The van der Waals surface area contributed by atoms with Crippen LogP contribution in [-0.2, 0) is 0 Å². The van der Waals surface area contributed by atoms with Crippen LogP contribution in [0.2, 0.25) is 0 Å². The molecule has 2 N–H and O–H groups in total. The first-order chi connectivity index (χ1) is 10.7. The van der Waals surface area contributed by atoms with E-state index in [1.165, 1.54) is 11.3 Å². The number of nitrogens with zero attached hydrogens (tertiary/aromatic N) is 3. The van der Waals surface area contributed by atoms with Gasteiger partial charge in [-0.3, -0.25) is 10.2 Å². The second-order valence-corrected chi connectivity index (χ2v) is 6.54. The average Bonchev–Trinajstić information content (AvgIpc) is 2.91. The first kappa shape index (κ1) is 15.2. The molecule has 7 heteroatoms. The van der Waals surface area contributed by atoms with Gasteiger partial charge in [-0.25, -0.2) is 9.78 Å². The van der Waals surface area contributed by atoms with Crippen LogP contribution in [0, 0.1) is 0 Å². The number of hydrogen-bond acceptors (Lipinski definition) is 5. The molecule has 2 aromatic rings. The van der Waals surface area contributed by atoms with Gasteiger partial charge in [0.1, 0.15) is 0 Å². The second kappa shape index (κ2) is 7.04. The zero-order valence-electron chi connectivity index (χ0n) is 12.7. The molecule has 0 radical (unpaired) electrons. The molecule has 6 nitrogen and oxygen atoms in total. The lowest BCUT2D eigenvalue weighted by molar-refractivity contribution is 0.155. The highest BCUT2D eigenvalue weighted by Gasteiger charge is 2.13. The lowest BCUT2D eigenvalue weighted by Gasteiger charge is -2.32. The molecule has 0 atom stereocenters. The van der Waals surface area contributed by atoms with Crippen LogP contribution >= 0.6 is 11.3 Å². The lowest BCUT2D eigenvalue weighted by atomic mass is 10.3. The maximum Gasteiger partial charge on any atom is 0.321 e. The molecule has 2 amide bonds. The van der Waals surface area contributed by atoms with Gasteiger partial charge in [-0.15, -0.1) is 0 Å². The fraction of sp³-hybridized carbons (Fsp3) is 0.467. The van der Waals surface area contributed by atoms with Crippen molar-refractivity contribution in [2.45, 2.75) is 0 Å². The van der Waals surface area contributed by atoms with Crippen LogP contribution in [0.4, 0.5) is 9.93 Å². The van der Waals surface area contributed by atoms with E-state index >= 15 is 0 Å². The Labute approximate surface area is 134 Å². The van der Waals surface area contributed by atoms with Gasteiger partial charge >= 0.3 is 6.03 Å². The number of piperazine rings is 1. The molecule has 22 heavy (non-hydrogen) atoms. The predicted octanol–water partition coefficient (Wildman–Crippen LogP) is 1.67. The number of likely N-dealkylation sites (N-methyl/N-ethyl adjacent to an activating group) is 1. The number of carbonyl (C=O) groups excluding carboxylic acids is 1. The van der Waals surface area contributed by atoms with Crippen molar-refractivity contribution in [3.63, 3.8) is 0 Å². The van der Waals surface area contributed by atoms with Crippen LogP contribution in [0.15, 0.2) is 24.3 Å². The van der Waals surface area contributed by atoms with E-state index in [1.807, 2.05) is 24.3 Å². The third-order valence-electron chi connectivity index (χ3n) is 3.82. The van der Waals surface area contributed by atoms with E-state index in [4.69, 9.17) is 0 Å². The Morgan fingerprint density at radius 2 is 2.05 bits per heavy atom. The number of benzene rings is 1. The molecule has 118 valence electrons. The Bertz CT molecular complexity index is 603. The van der Waals surface area contributed by atoms with Crippen molar-refractivity contribution >= 4 is 32.7 Å². The SMILES string of the molecule is CN1CCN(CCNC(=O)Nc2nc3ccccc3s2)CC1. The number of hydrogen-bond donors (Lipinski definition) is 2. The topological polar surface area (TPSA) is 60.5 Å². The highest BCUT2D eigenvalue weighted by atomic mass is 32.1. The summed E-state index contributed by atoms with van der Waals surface area (Å²) in [6, 6.07) is 7.68. The predicted molar refractivity (Wildman–Crippen MR) is 90.6 cm³/mol. The molecule has 0 aliphatic carbocycles. The largest absolute Gasteiger partial charge is 0.337 e. The summed E-state index contributed by atoms with van der Waals surface area (Å²) in [7, 11) is 2.14. The van der Waals surface area contributed by atoms with Gasteiger partial charge in [0, 0.05) is 39.3 Å². The Morgan fingerprint density at radius 1 is 1.27 bits per heavy atom. The van der Waals surface area contributed by atoms with Gasteiger partial charge < -0.3 is 10.2 Å². The van der Waals surface area contributed by atoms with Crippen LogP contribution in [0.5, 0.6) is 0 Å². The Kier molecular flexibility index (Phi) is 4.87. The first-order valence-corrected chi connectivity index (χ1v) is 8.34. The maximum atomic E-state index is 11.9. The number of fused-ring (bicyclic) bond motifs is 1. The lowest BCUT2D eigenvalue weighted by Crippen LogP contribution is -2.47. The third kappa shape index (κ3) is 3.94. The minimum atomic E-state index is -0.187. The third-order valence-corrected chi connectivity index (χ3v) is 4.78.